The molecule has 0 bridgehead atoms. The van der Waals surface area contributed by atoms with Crippen molar-refractivity contribution >= 4 is 5.97 Å². The lowest BCUT2D eigenvalue weighted by atomic mass is 9.67. The highest BCUT2D eigenvalue weighted by Gasteiger charge is 2.54. The van der Waals surface area contributed by atoms with Crippen LogP contribution in [0, 0.1) is 11.8 Å². The largest absolute Gasteiger partial charge is 0.478 e. The van der Waals surface area contributed by atoms with E-state index in [9.17, 15) is 15.0 Å². The van der Waals surface area contributed by atoms with Gasteiger partial charge < -0.3 is 15.3 Å². The number of hydrogen-bond acceptors (Lipinski definition) is 3. The molecule has 4 heteroatoms. The zero-order valence-electron chi connectivity index (χ0n) is 11.7. The lowest BCUT2D eigenvalue weighted by Gasteiger charge is -2.43. The van der Waals surface area contributed by atoms with Crippen LogP contribution >= 0.6 is 0 Å². The molecular weight excluding hydrogens is 244 g/mol. The third-order valence-corrected chi connectivity index (χ3v) is 4.51. The maximum absolute atomic E-state index is 11.0. The molecule has 0 aliphatic heterocycles. The Morgan fingerprint density at radius 1 is 1.47 bits per heavy atom. The summed E-state index contributed by atoms with van der Waals surface area (Å²) in [6.07, 6.45) is 5.47. The molecule has 106 valence electrons. The second-order valence-electron chi connectivity index (χ2n) is 6.35. The Labute approximate surface area is 113 Å². The summed E-state index contributed by atoms with van der Waals surface area (Å²) in [5.74, 6) is -1.17. The maximum Gasteiger partial charge on any atom is 0.331 e. The average Bonchev–Trinajstić information content (AvgIpc) is 2.53. The quantitative estimate of drug-likeness (QED) is 0.527. The molecule has 0 saturated heterocycles. The van der Waals surface area contributed by atoms with E-state index >= 15 is 0 Å². The lowest BCUT2D eigenvalue weighted by molar-refractivity contribution is -0.133. The van der Waals surface area contributed by atoms with Gasteiger partial charge >= 0.3 is 5.97 Å². The average molecular weight is 266 g/mol. The molecule has 1 fully saturated rings. The predicted molar refractivity (Wildman–Crippen MR) is 71.6 cm³/mol. The standard InChI is InChI=1S/C15H22O4/c1-9-6-11-4-5-14(3,18)12(11)15(19,7-9)8-10(2)13(16)17/h7-8,11-12,18-19H,4-6H2,1-3H3,(H,16,17). The van der Waals surface area contributed by atoms with Crippen LogP contribution in [0.4, 0.5) is 0 Å². The number of rotatable bonds is 2. The number of hydrogen-bond donors (Lipinski definition) is 3. The Bertz CT molecular complexity index is 461. The minimum atomic E-state index is -1.37. The highest BCUT2D eigenvalue weighted by atomic mass is 16.4. The SMILES string of the molecule is CC1=CC(O)(C=C(C)C(=O)O)C2C(CCC2(C)O)C1. The molecule has 0 spiro atoms. The molecule has 19 heavy (non-hydrogen) atoms. The van der Waals surface area contributed by atoms with E-state index in [4.69, 9.17) is 5.11 Å². The van der Waals surface area contributed by atoms with Crippen molar-refractivity contribution in [3.05, 3.63) is 23.3 Å². The van der Waals surface area contributed by atoms with Crippen molar-refractivity contribution in [2.24, 2.45) is 11.8 Å². The maximum atomic E-state index is 11.0. The first-order valence-electron chi connectivity index (χ1n) is 6.71. The summed E-state index contributed by atoms with van der Waals surface area (Å²) < 4.78 is 0. The molecule has 0 amide bonds. The Morgan fingerprint density at radius 2 is 2.11 bits per heavy atom. The highest BCUT2D eigenvalue weighted by Crippen LogP contribution is 2.52. The Morgan fingerprint density at radius 3 is 2.68 bits per heavy atom. The molecule has 0 heterocycles. The van der Waals surface area contributed by atoms with Gasteiger partial charge in [0.2, 0.25) is 0 Å². The molecule has 1 saturated carbocycles. The van der Waals surface area contributed by atoms with E-state index in [0.29, 0.717) is 6.42 Å². The zero-order valence-corrected chi connectivity index (χ0v) is 11.7. The molecule has 4 unspecified atom stereocenters. The number of carbonyl (C=O) groups is 1. The van der Waals surface area contributed by atoms with Crippen LogP contribution in [0.2, 0.25) is 0 Å². The Kier molecular flexibility index (Phi) is 3.35. The predicted octanol–water partition coefficient (Wildman–Crippen LogP) is 1.88. The third kappa shape index (κ3) is 2.47. The van der Waals surface area contributed by atoms with E-state index in [0.717, 1.165) is 18.4 Å². The number of fused-ring (bicyclic) bond motifs is 1. The van der Waals surface area contributed by atoms with E-state index in [1.165, 1.54) is 13.0 Å². The molecule has 0 aromatic carbocycles. The van der Waals surface area contributed by atoms with Crippen molar-refractivity contribution in [1.82, 2.24) is 0 Å². The van der Waals surface area contributed by atoms with Crippen molar-refractivity contribution in [3.8, 4) is 0 Å². The van der Waals surface area contributed by atoms with E-state index < -0.39 is 17.2 Å². The molecule has 4 atom stereocenters. The van der Waals surface area contributed by atoms with Gasteiger partial charge in [-0.3, -0.25) is 0 Å². The summed E-state index contributed by atoms with van der Waals surface area (Å²) in [7, 11) is 0. The molecule has 0 aromatic heterocycles. The molecule has 2 rings (SSSR count). The topological polar surface area (TPSA) is 77.8 Å². The number of carboxylic acid groups (broad SMARTS) is 1. The number of carboxylic acids is 1. The fourth-order valence-corrected chi connectivity index (χ4v) is 3.90. The van der Waals surface area contributed by atoms with Crippen molar-refractivity contribution in [2.45, 2.75) is 51.2 Å². The fraction of sp³-hybridized carbons (Fsp3) is 0.667. The van der Waals surface area contributed by atoms with Crippen LogP contribution in [0.5, 0.6) is 0 Å². The van der Waals surface area contributed by atoms with Gasteiger partial charge in [-0.2, -0.15) is 0 Å². The van der Waals surface area contributed by atoms with Gasteiger partial charge in [0.25, 0.3) is 0 Å². The molecule has 3 N–H and O–H groups in total. The summed E-state index contributed by atoms with van der Waals surface area (Å²) in [5, 5.41) is 30.4. The third-order valence-electron chi connectivity index (χ3n) is 4.51. The normalized spacial score (nSPS) is 42.8. The van der Waals surface area contributed by atoms with Gasteiger partial charge in [-0.05, 0) is 58.1 Å². The minimum Gasteiger partial charge on any atom is -0.478 e. The van der Waals surface area contributed by atoms with Crippen molar-refractivity contribution < 1.29 is 20.1 Å². The highest BCUT2D eigenvalue weighted by molar-refractivity contribution is 5.86. The summed E-state index contributed by atoms with van der Waals surface area (Å²) in [6, 6.07) is 0. The van der Waals surface area contributed by atoms with Gasteiger partial charge in [-0.1, -0.05) is 5.57 Å². The first-order valence-corrected chi connectivity index (χ1v) is 6.71. The van der Waals surface area contributed by atoms with Gasteiger partial charge in [0.05, 0.1) is 5.60 Å². The van der Waals surface area contributed by atoms with Crippen LogP contribution < -0.4 is 0 Å². The Hall–Kier alpha value is -1.13. The van der Waals surface area contributed by atoms with E-state index in [-0.39, 0.29) is 17.4 Å². The molecule has 4 nitrogen and oxygen atoms in total. The summed E-state index contributed by atoms with van der Waals surface area (Å²) in [4.78, 5) is 11.0. The van der Waals surface area contributed by atoms with Gasteiger partial charge in [0.1, 0.15) is 5.60 Å². The number of allylic oxidation sites excluding steroid dienone is 1. The van der Waals surface area contributed by atoms with Gasteiger partial charge in [-0.15, -0.1) is 0 Å². The second kappa shape index (κ2) is 4.46. The molecule has 2 aliphatic rings. The van der Waals surface area contributed by atoms with Crippen molar-refractivity contribution in [2.75, 3.05) is 0 Å². The van der Waals surface area contributed by atoms with Crippen LogP contribution in [0.1, 0.15) is 40.0 Å². The van der Waals surface area contributed by atoms with E-state index in [1.54, 1.807) is 13.0 Å². The van der Waals surface area contributed by atoms with Gasteiger partial charge in [-0.25, -0.2) is 4.79 Å². The molecule has 0 aromatic rings. The number of aliphatic hydroxyl groups is 2. The van der Waals surface area contributed by atoms with E-state index in [1.807, 2.05) is 6.92 Å². The van der Waals surface area contributed by atoms with Crippen LogP contribution in [-0.2, 0) is 4.79 Å². The van der Waals surface area contributed by atoms with Crippen LogP contribution in [-0.4, -0.2) is 32.5 Å². The first kappa shape index (κ1) is 14.3. The summed E-state index contributed by atoms with van der Waals surface area (Å²) in [5.41, 5.74) is -1.16. The zero-order chi connectivity index (χ0) is 14.4. The number of aliphatic carboxylic acids is 1. The van der Waals surface area contributed by atoms with Gasteiger partial charge in [0.15, 0.2) is 0 Å². The minimum absolute atomic E-state index is 0.106. The molecule has 2 aliphatic carbocycles. The second-order valence-corrected chi connectivity index (χ2v) is 6.35. The fourth-order valence-electron chi connectivity index (χ4n) is 3.90. The lowest BCUT2D eigenvalue weighted by Crippen LogP contribution is -2.50. The van der Waals surface area contributed by atoms with Gasteiger partial charge in [0, 0.05) is 11.5 Å². The van der Waals surface area contributed by atoms with Crippen LogP contribution in [0.25, 0.3) is 0 Å². The molecule has 0 radical (unpaired) electrons. The Balaban J connectivity index is 2.48. The summed E-state index contributed by atoms with van der Waals surface area (Å²) >= 11 is 0. The summed E-state index contributed by atoms with van der Waals surface area (Å²) in [6.45, 7) is 5.15. The smallest absolute Gasteiger partial charge is 0.331 e. The van der Waals surface area contributed by atoms with Crippen molar-refractivity contribution in [1.29, 1.82) is 0 Å². The van der Waals surface area contributed by atoms with E-state index in [2.05, 4.69) is 0 Å². The van der Waals surface area contributed by atoms with Crippen LogP contribution in [0.15, 0.2) is 23.3 Å². The van der Waals surface area contributed by atoms with Crippen molar-refractivity contribution in [3.63, 3.8) is 0 Å². The first-order chi connectivity index (χ1) is 8.66. The molecular formula is C15H22O4. The van der Waals surface area contributed by atoms with Crippen LogP contribution in [0.3, 0.4) is 0 Å². The monoisotopic (exact) mass is 266 g/mol.